The first-order valence-corrected chi connectivity index (χ1v) is 14.5. The first kappa shape index (κ1) is 33.3. The van der Waals surface area contributed by atoms with Gasteiger partial charge in [-0.15, -0.1) is 0 Å². The number of hydrogen-bond acceptors (Lipinski definition) is 9. The zero-order valence-corrected chi connectivity index (χ0v) is 24.0. The number of fused-ring (bicyclic) bond motifs is 1. The topological polar surface area (TPSA) is 244 Å². The van der Waals surface area contributed by atoms with Crippen molar-refractivity contribution in [3.8, 4) is 5.75 Å². The lowest BCUT2D eigenvalue weighted by Gasteiger charge is -2.26. The molecule has 236 valence electrons. The summed E-state index contributed by atoms with van der Waals surface area (Å²) >= 11 is 0. The summed E-state index contributed by atoms with van der Waals surface area (Å²) in [6.07, 6.45) is 1.83. The van der Waals surface area contributed by atoms with Gasteiger partial charge in [0.15, 0.2) is 0 Å². The van der Waals surface area contributed by atoms with Crippen molar-refractivity contribution in [2.45, 2.75) is 69.5 Å². The molecule has 10 N–H and O–H groups in total. The first-order valence-electron chi connectivity index (χ1n) is 14.5. The van der Waals surface area contributed by atoms with Crippen LogP contribution in [-0.4, -0.2) is 85.0 Å². The predicted molar refractivity (Wildman–Crippen MR) is 155 cm³/mol. The Morgan fingerprint density at radius 1 is 0.953 bits per heavy atom. The molecular weight excluding hydrogens is 562 g/mol. The van der Waals surface area contributed by atoms with Crippen LogP contribution >= 0.6 is 0 Å². The van der Waals surface area contributed by atoms with E-state index < -0.39 is 54.1 Å². The third-order valence-corrected chi connectivity index (χ3v) is 7.37. The minimum Gasteiger partial charge on any atom is -0.493 e. The van der Waals surface area contributed by atoms with Gasteiger partial charge in [0.2, 0.25) is 23.6 Å². The minimum atomic E-state index is -1.33. The molecule has 0 bridgehead atoms. The van der Waals surface area contributed by atoms with Crippen LogP contribution in [-0.2, 0) is 24.0 Å². The zero-order valence-electron chi connectivity index (χ0n) is 24.0. The Morgan fingerprint density at radius 3 is 2.33 bits per heavy atom. The lowest BCUT2D eigenvalue weighted by Crippen LogP contribution is -2.56. The summed E-state index contributed by atoms with van der Waals surface area (Å²) < 4.78 is 5.81. The van der Waals surface area contributed by atoms with Crippen molar-refractivity contribution in [3.63, 3.8) is 0 Å². The number of unbranched alkanes of at least 4 members (excludes halogenated alkanes) is 1. The minimum absolute atomic E-state index is 0.0209. The number of piperidine rings is 1. The molecule has 2 aliphatic rings. The standard InChI is InChI=1S/C28H41N7O8/c29-11-2-1-3-20-27(41)33-19(24(30)38)10-14-43-22-6-4-17(32-25(39)16-8-12-31-13-9-16)15-18(22)26(40)34-21(28(42)35-20)5-7-23(36)37/h4,6,15-16,19-21,31H,1-3,5,7-14,29H2,(H2,30,38)(H,32,39)(H,33,41)(H,34,40)(H,35,42)(H,36,37)/t19-,20-,21-/m0/s1. The summed E-state index contributed by atoms with van der Waals surface area (Å²) in [5, 5.41) is 23.0. The number of anilines is 1. The highest BCUT2D eigenvalue weighted by molar-refractivity contribution is 6.02. The second kappa shape index (κ2) is 16.4. The molecule has 2 heterocycles. The van der Waals surface area contributed by atoms with E-state index in [1.54, 1.807) is 6.07 Å². The van der Waals surface area contributed by atoms with Gasteiger partial charge in [0.25, 0.3) is 5.91 Å². The van der Waals surface area contributed by atoms with Crippen LogP contribution in [0, 0.1) is 5.92 Å². The molecule has 1 fully saturated rings. The molecule has 3 rings (SSSR count). The Morgan fingerprint density at radius 2 is 1.65 bits per heavy atom. The Bertz CT molecular complexity index is 1190. The Balaban J connectivity index is 1.93. The van der Waals surface area contributed by atoms with Gasteiger partial charge in [-0.1, -0.05) is 0 Å². The smallest absolute Gasteiger partial charge is 0.303 e. The number of ether oxygens (including phenoxy) is 1. The summed E-state index contributed by atoms with van der Waals surface area (Å²) in [6.45, 7) is 1.69. The predicted octanol–water partition coefficient (Wildman–Crippen LogP) is -1.05. The number of primary amides is 1. The first-order chi connectivity index (χ1) is 20.6. The van der Waals surface area contributed by atoms with E-state index >= 15 is 0 Å². The summed E-state index contributed by atoms with van der Waals surface area (Å²) in [6, 6.07) is 0.874. The fraction of sp³-hybridized carbons (Fsp3) is 0.571. The number of amides is 5. The van der Waals surface area contributed by atoms with Crippen LogP contribution in [0.5, 0.6) is 5.75 Å². The lowest BCUT2D eigenvalue weighted by molar-refractivity contribution is -0.137. The van der Waals surface area contributed by atoms with E-state index in [1.807, 2.05) is 0 Å². The number of rotatable bonds is 10. The number of carbonyl (C=O) groups excluding carboxylic acids is 5. The number of aliphatic carboxylic acids is 1. The van der Waals surface area contributed by atoms with Crippen LogP contribution in [0.15, 0.2) is 18.2 Å². The maximum atomic E-state index is 13.5. The van der Waals surface area contributed by atoms with E-state index in [0.29, 0.717) is 37.9 Å². The number of carbonyl (C=O) groups is 6. The molecule has 1 saturated heterocycles. The van der Waals surface area contributed by atoms with E-state index in [0.717, 1.165) is 13.1 Å². The number of benzene rings is 1. The van der Waals surface area contributed by atoms with Gasteiger partial charge in [-0.3, -0.25) is 28.8 Å². The van der Waals surface area contributed by atoms with E-state index in [4.69, 9.17) is 16.2 Å². The number of carboxylic acid groups (broad SMARTS) is 1. The van der Waals surface area contributed by atoms with Crippen LogP contribution in [0.25, 0.3) is 0 Å². The number of carboxylic acids is 1. The molecule has 0 spiro atoms. The summed E-state index contributed by atoms with van der Waals surface area (Å²) in [7, 11) is 0. The third-order valence-electron chi connectivity index (χ3n) is 7.37. The van der Waals surface area contributed by atoms with Gasteiger partial charge < -0.3 is 47.9 Å². The number of nitrogens with one attached hydrogen (secondary N) is 5. The summed E-state index contributed by atoms with van der Waals surface area (Å²) in [5.74, 6) is -4.51. The van der Waals surface area contributed by atoms with Gasteiger partial charge in [0.05, 0.1) is 12.2 Å². The van der Waals surface area contributed by atoms with E-state index in [9.17, 15) is 33.9 Å². The van der Waals surface area contributed by atoms with Crippen LogP contribution in [0.3, 0.4) is 0 Å². The molecule has 1 aromatic rings. The molecule has 1 aromatic carbocycles. The molecule has 5 amide bonds. The molecule has 3 atom stereocenters. The number of hydrogen-bond donors (Lipinski definition) is 8. The second-order valence-electron chi connectivity index (χ2n) is 10.6. The Kier molecular flexibility index (Phi) is 12.7. The maximum Gasteiger partial charge on any atom is 0.303 e. The average Bonchev–Trinajstić information content (AvgIpc) is 2.98. The van der Waals surface area contributed by atoms with Gasteiger partial charge >= 0.3 is 5.97 Å². The van der Waals surface area contributed by atoms with Crippen LogP contribution in [0.1, 0.15) is 61.7 Å². The van der Waals surface area contributed by atoms with Crippen molar-refractivity contribution in [1.82, 2.24) is 21.3 Å². The molecule has 2 aliphatic heterocycles. The van der Waals surface area contributed by atoms with Gasteiger partial charge in [-0.25, -0.2) is 0 Å². The largest absolute Gasteiger partial charge is 0.493 e. The van der Waals surface area contributed by atoms with E-state index in [-0.39, 0.29) is 49.0 Å². The maximum absolute atomic E-state index is 13.5. The Labute approximate surface area is 249 Å². The van der Waals surface area contributed by atoms with E-state index in [2.05, 4.69) is 26.6 Å². The van der Waals surface area contributed by atoms with Crippen molar-refractivity contribution in [1.29, 1.82) is 0 Å². The monoisotopic (exact) mass is 603 g/mol. The number of nitrogens with two attached hydrogens (primary N) is 2. The van der Waals surface area contributed by atoms with Crippen molar-refractivity contribution in [3.05, 3.63) is 23.8 Å². The molecule has 0 radical (unpaired) electrons. The van der Waals surface area contributed by atoms with Gasteiger partial charge in [0, 0.05) is 24.4 Å². The van der Waals surface area contributed by atoms with Crippen molar-refractivity contribution < 1.29 is 38.6 Å². The van der Waals surface area contributed by atoms with Gasteiger partial charge in [0.1, 0.15) is 23.9 Å². The van der Waals surface area contributed by atoms with Crippen molar-refractivity contribution >= 4 is 41.2 Å². The van der Waals surface area contributed by atoms with Crippen molar-refractivity contribution in [2.75, 3.05) is 31.6 Å². The lowest BCUT2D eigenvalue weighted by atomic mass is 9.97. The SMILES string of the molecule is NCCCC[C@@H]1NC(=O)[C@H](CCC(=O)O)NC(=O)c2cc(NC(=O)C3CCNCC3)ccc2OCC[C@@H](C(N)=O)NC1=O. The molecular formula is C28H41N7O8. The molecule has 15 nitrogen and oxygen atoms in total. The third kappa shape index (κ3) is 10.2. The van der Waals surface area contributed by atoms with Crippen molar-refractivity contribution in [2.24, 2.45) is 17.4 Å². The Hall–Kier alpha value is -4.24. The highest BCUT2D eigenvalue weighted by Gasteiger charge is 2.31. The molecule has 0 saturated carbocycles. The average molecular weight is 604 g/mol. The molecule has 0 unspecified atom stereocenters. The normalized spacial score (nSPS) is 22.1. The fourth-order valence-electron chi connectivity index (χ4n) is 4.89. The molecule has 43 heavy (non-hydrogen) atoms. The molecule has 0 aliphatic carbocycles. The van der Waals surface area contributed by atoms with E-state index in [1.165, 1.54) is 12.1 Å². The summed E-state index contributed by atoms with van der Waals surface area (Å²) in [5.41, 5.74) is 11.4. The highest BCUT2D eigenvalue weighted by Crippen LogP contribution is 2.25. The fourth-order valence-corrected chi connectivity index (χ4v) is 4.89. The van der Waals surface area contributed by atoms with Crippen LogP contribution in [0.4, 0.5) is 5.69 Å². The second-order valence-corrected chi connectivity index (χ2v) is 10.6. The quantitative estimate of drug-likeness (QED) is 0.151. The van der Waals surface area contributed by atoms with Gasteiger partial charge in [-0.2, -0.15) is 0 Å². The van der Waals surface area contributed by atoms with Crippen LogP contribution in [0.2, 0.25) is 0 Å². The van der Waals surface area contributed by atoms with Crippen LogP contribution < -0.4 is 42.8 Å². The zero-order chi connectivity index (χ0) is 31.4. The highest BCUT2D eigenvalue weighted by atomic mass is 16.5. The summed E-state index contributed by atoms with van der Waals surface area (Å²) in [4.78, 5) is 76.3. The molecule has 15 heteroatoms. The van der Waals surface area contributed by atoms with Gasteiger partial charge in [-0.05, 0) is 76.4 Å². The molecule has 0 aromatic heterocycles.